The molecular formula is C18H25ClN4OS. The molecule has 1 saturated heterocycles. The predicted molar refractivity (Wildman–Crippen MR) is 102 cm³/mol. The Balaban J connectivity index is 1.46. The van der Waals surface area contributed by atoms with Gasteiger partial charge in [0.2, 0.25) is 5.91 Å². The third-order valence-electron chi connectivity index (χ3n) is 4.98. The van der Waals surface area contributed by atoms with Gasteiger partial charge in [0.15, 0.2) is 0 Å². The van der Waals surface area contributed by atoms with E-state index in [1.54, 1.807) is 11.3 Å². The molecule has 5 nitrogen and oxygen atoms in total. The Morgan fingerprint density at radius 3 is 2.52 bits per heavy atom. The number of rotatable bonds is 5. The summed E-state index contributed by atoms with van der Waals surface area (Å²) in [5, 5.41) is 4.43. The van der Waals surface area contributed by atoms with Crippen molar-refractivity contribution in [3.8, 4) is 0 Å². The lowest BCUT2D eigenvalue weighted by Crippen LogP contribution is -2.48. The van der Waals surface area contributed by atoms with Crippen molar-refractivity contribution in [2.75, 3.05) is 26.2 Å². The first-order valence-electron chi connectivity index (χ1n) is 8.67. The monoisotopic (exact) mass is 380 g/mol. The average Bonchev–Trinajstić information content (AvgIpc) is 3.09. The predicted octanol–water partition coefficient (Wildman–Crippen LogP) is 3.03. The minimum Gasteiger partial charge on any atom is -0.340 e. The van der Waals surface area contributed by atoms with Gasteiger partial charge in [0.05, 0.1) is 10.0 Å². The summed E-state index contributed by atoms with van der Waals surface area (Å²) in [5.74, 6) is 0.251. The molecule has 1 aliphatic heterocycles. The van der Waals surface area contributed by atoms with Gasteiger partial charge >= 0.3 is 0 Å². The molecule has 1 amide bonds. The SMILES string of the molecule is Cc1nn(C)c(C)c1CCC(=O)N1CCN(Cc2ccc(Cl)s2)CC1. The molecule has 0 saturated carbocycles. The fourth-order valence-corrected chi connectivity index (χ4v) is 4.51. The van der Waals surface area contributed by atoms with Crippen LogP contribution in [0.5, 0.6) is 0 Å². The largest absolute Gasteiger partial charge is 0.340 e. The lowest BCUT2D eigenvalue weighted by Gasteiger charge is -2.34. The molecule has 0 radical (unpaired) electrons. The van der Waals surface area contributed by atoms with E-state index in [1.807, 2.05) is 29.6 Å². The summed E-state index contributed by atoms with van der Waals surface area (Å²) in [6.45, 7) is 8.47. The number of thiophene rings is 1. The van der Waals surface area contributed by atoms with E-state index < -0.39 is 0 Å². The van der Waals surface area contributed by atoms with Crippen LogP contribution in [0.2, 0.25) is 4.34 Å². The van der Waals surface area contributed by atoms with Gasteiger partial charge in [-0.3, -0.25) is 14.4 Å². The Morgan fingerprint density at radius 2 is 1.96 bits per heavy atom. The fourth-order valence-electron chi connectivity index (χ4n) is 3.38. The van der Waals surface area contributed by atoms with Crippen LogP contribution in [0, 0.1) is 13.8 Å². The molecule has 0 aliphatic carbocycles. The van der Waals surface area contributed by atoms with Crippen LogP contribution in [0.4, 0.5) is 0 Å². The number of carbonyl (C=O) groups is 1. The molecule has 1 aliphatic rings. The molecule has 3 heterocycles. The Kier molecular flexibility index (Phi) is 5.81. The Bertz CT molecular complexity index is 746. The maximum absolute atomic E-state index is 12.5. The van der Waals surface area contributed by atoms with Gasteiger partial charge in [0, 0.05) is 56.8 Å². The zero-order valence-electron chi connectivity index (χ0n) is 15.1. The molecule has 0 atom stereocenters. The van der Waals surface area contributed by atoms with E-state index in [1.165, 1.54) is 10.4 Å². The molecule has 25 heavy (non-hydrogen) atoms. The van der Waals surface area contributed by atoms with Crippen LogP contribution >= 0.6 is 22.9 Å². The van der Waals surface area contributed by atoms with Gasteiger partial charge in [0.1, 0.15) is 0 Å². The van der Waals surface area contributed by atoms with Crippen molar-refractivity contribution >= 4 is 28.8 Å². The van der Waals surface area contributed by atoms with Crippen molar-refractivity contribution < 1.29 is 4.79 Å². The first kappa shape index (κ1) is 18.4. The third-order valence-corrected chi connectivity index (χ3v) is 6.20. The van der Waals surface area contributed by atoms with E-state index in [-0.39, 0.29) is 5.91 Å². The quantitative estimate of drug-likeness (QED) is 0.800. The van der Waals surface area contributed by atoms with Crippen LogP contribution < -0.4 is 0 Å². The number of carbonyl (C=O) groups excluding carboxylic acids is 1. The smallest absolute Gasteiger partial charge is 0.222 e. The number of nitrogens with zero attached hydrogens (tertiary/aromatic N) is 4. The van der Waals surface area contributed by atoms with Gasteiger partial charge in [-0.25, -0.2) is 0 Å². The molecule has 2 aromatic rings. The van der Waals surface area contributed by atoms with Crippen molar-refractivity contribution in [1.29, 1.82) is 0 Å². The average molecular weight is 381 g/mol. The molecule has 3 rings (SSSR count). The molecule has 0 N–H and O–H groups in total. The summed E-state index contributed by atoms with van der Waals surface area (Å²) in [4.78, 5) is 18.2. The normalized spacial score (nSPS) is 15.8. The number of hydrogen-bond acceptors (Lipinski definition) is 4. The Morgan fingerprint density at radius 1 is 1.24 bits per heavy atom. The van der Waals surface area contributed by atoms with Crippen LogP contribution in [-0.2, 0) is 24.8 Å². The highest BCUT2D eigenvalue weighted by Crippen LogP contribution is 2.23. The second-order valence-corrected chi connectivity index (χ2v) is 8.44. The fraction of sp³-hybridized carbons (Fsp3) is 0.556. The van der Waals surface area contributed by atoms with Crippen LogP contribution in [0.1, 0.15) is 28.2 Å². The zero-order chi connectivity index (χ0) is 18.0. The number of halogens is 1. The maximum Gasteiger partial charge on any atom is 0.222 e. The van der Waals surface area contributed by atoms with Gasteiger partial charge < -0.3 is 4.90 Å². The highest BCUT2D eigenvalue weighted by molar-refractivity contribution is 7.16. The minimum absolute atomic E-state index is 0.251. The van der Waals surface area contributed by atoms with E-state index in [0.29, 0.717) is 6.42 Å². The van der Waals surface area contributed by atoms with Crippen molar-refractivity contribution in [2.45, 2.75) is 33.2 Å². The lowest BCUT2D eigenvalue weighted by atomic mass is 10.1. The number of amides is 1. The summed E-state index contributed by atoms with van der Waals surface area (Å²) in [5.41, 5.74) is 3.40. The van der Waals surface area contributed by atoms with Gasteiger partial charge in [-0.05, 0) is 38.0 Å². The van der Waals surface area contributed by atoms with Gasteiger partial charge in [0.25, 0.3) is 0 Å². The van der Waals surface area contributed by atoms with Gasteiger partial charge in [-0.2, -0.15) is 5.10 Å². The Hall–Kier alpha value is -1.37. The summed E-state index contributed by atoms with van der Waals surface area (Å²) < 4.78 is 2.73. The molecule has 2 aromatic heterocycles. The number of piperazine rings is 1. The lowest BCUT2D eigenvalue weighted by molar-refractivity contribution is -0.132. The summed E-state index contributed by atoms with van der Waals surface area (Å²) in [7, 11) is 1.95. The van der Waals surface area contributed by atoms with E-state index >= 15 is 0 Å². The van der Waals surface area contributed by atoms with Crippen LogP contribution in [0.3, 0.4) is 0 Å². The van der Waals surface area contributed by atoms with Gasteiger partial charge in [-0.1, -0.05) is 11.6 Å². The molecule has 7 heteroatoms. The summed E-state index contributed by atoms with van der Waals surface area (Å²) >= 11 is 7.63. The van der Waals surface area contributed by atoms with Crippen molar-refractivity contribution in [2.24, 2.45) is 7.05 Å². The number of aryl methyl sites for hydroxylation is 2. The highest BCUT2D eigenvalue weighted by Gasteiger charge is 2.22. The molecular weight excluding hydrogens is 356 g/mol. The van der Waals surface area contributed by atoms with Crippen LogP contribution in [0.15, 0.2) is 12.1 Å². The van der Waals surface area contributed by atoms with Gasteiger partial charge in [-0.15, -0.1) is 11.3 Å². The van der Waals surface area contributed by atoms with E-state index in [9.17, 15) is 4.79 Å². The first-order valence-corrected chi connectivity index (χ1v) is 9.87. The molecule has 0 spiro atoms. The van der Waals surface area contributed by atoms with Crippen LogP contribution in [-0.4, -0.2) is 51.7 Å². The minimum atomic E-state index is 0.251. The van der Waals surface area contributed by atoms with Crippen molar-refractivity contribution in [1.82, 2.24) is 19.6 Å². The van der Waals surface area contributed by atoms with Crippen molar-refractivity contribution in [3.63, 3.8) is 0 Å². The van der Waals surface area contributed by atoms with Crippen molar-refractivity contribution in [3.05, 3.63) is 38.3 Å². The number of aromatic nitrogens is 2. The maximum atomic E-state index is 12.5. The molecule has 136 valence electrons. The van der Waals surface area contributed by atoms with E-state index in [0.717, 1.165) is 54.9 Å². The number of hydrogen-bond donors (Lipinski definition) is 0. The molecule has 0 bridgehead atoms. The van der Waals surface area contributed by atoms with Crippen LogP contribution in [0.25, 0.3) is 0 Å². The van der Waals surface area contributed by atoms with E-state index in [2.05, 4.69) is 23.0 Å². The molecule has 0 aromatic carbocycles. The third kappa shape index (κ3) is 4.43. The van der Waals surface area contributed by atoms with E-state index in [4.69, 9.17) is 11.6 Å². The first-order chi connectivity index (χ1) is 11.9. The molecule has 1 fully saturated rings. The summed E-state index contributed by atoms with van der Waals surface area (Å²) in [6, 6.07) is 4.03. The Labute approximate surface area is 158 Å². The topological polar surface area (TPSA) is 41.4 Å². The second-order valence-electron chi connectivity index (χ2n) is 6.64. The zero-order valence-corrected chi connectivity index (χ0v) is 16.7. The highest BCUT2D eigenvalue weighted by atomic mass is 35.5. The second kappa shape index (κ2) is 7.89. The summed E-state index contributed by atoms with van der Waals surface area (Å²) in [6.07, 6.45) is 1.34. The molecule has 0 unspecified atom stereocenters. The standard InChI is InChI=1S/C18H25ClN4OS/c1-13-16(14(2)21(3)20-13)5-7-18(24)23-10-8-22(9-11-23)12-15-4-6-17(19)25-15/h4,6H,5,7-12H2,1-3H3.